The standard InChI is InChI=1S/C21H15F3N2O5S/c22-21(23,24)13-3-1-12(2-4-13)9-17-19(28)26(20(29)32-17)11-18(27)25-14-5-6-15-16(10-14)31-8-7-30-15/h1-6,9-10H,7-8,11H2,(H,25,27)/b17-9-. The zero-order valence-electron chi connectivity index (χ0n) is 16.3. The van der Waals surface area contributed by atoms with E-state index >= 15 is 0 Å². The molecule has 1 N–H and O–H groups in total. The third-order valence-electron chi connectivity index (χ3n) is 4.54. The van der Waals surface area contributed by atoms with Crippen LogP contribution in [0, 0.1) is 0 Å². The number of hydrogen-bond acceptors (Lipinski definition) is 6. The molecule has 0 aromatic heterocycles. The van der Waals surface area contributed by atoms with Crippen molar-refractivity contribution in [3.63, 3.8) is 0 Å². The summed E-state index contributed by atoms with van der Waals surface area (Å²) in [7, 11) is 0. The molecule has 0 atom stereocenters. The monoisotopic (exact) mass is 464 g/mol. The normalized spacial score (nSPS) is 17.1. The van der Waals surface area contributed by atoms with E-state index < -0.39 is 35.3 Å². The summed E-state index contributed by atoms with van der Waals surface area (Å²) >= 11 is 0.613. The molecule has 0 radical (unpaired) electrons. The number of alkyl halides is 3. The first-order chi connectivity index (χ1) is 15.2. The van der Waals surface area contributed by atoms with Crippen molar-refractivity contribution in [3.8, 4) is 11.5 Å². The van der Waals surface area contributed by atoms with Gasteiger partial charge in [0.25, 0.3) is 11.1 Å². The van der Waals surface area contributed by atoms with Gasteiger partial charge in [0.1, 0.15) is 19.8 Å². The molecule has 3 amide bonds. The summed E-state index contributed by atoms with van der Waals surface area (Å²) in [4.78, 5) is 37.9. The maximum atomic E-state index is 12.7. The van der Waals surface area contributed by atoms with Crippen LogP contribution in [0.5, 0.6) is 11.5 Å². The zero-order chi connectivity index (χ0) is 22.9. The third-order valence-corrected chi connectivity index (χ3v) is 5.44. The lowest BCUT2D eigenvalue weighted by Crippen LogP contribution is -2.36. The number of imide groups is 1. The number of nitrogens with one attached hydrogen (secondary N) is 1. The predicted molar refractivity (Wildman–Crippen MR) is 110 cm³/mol. The predicted octanol–water partition coefficient (Wildman–Crippen LogP) is 4.15. The number of carbonyl (C=O) groups excluding carboxylic acids is 3. The molecule has 0 unspecified atom stereocenters. The summed E-state index contributed by atoms with van der Waals surface area (Å²) in [5.41, 5.74) is -0.0886. The van der Waals surface area contributed by atoms with Gasteiger partial charge >= 0.3 is 6.18 Å². The number of thioether (sulfide) groups is 1. The van der Waals surface area contributed by atoms with Crippen LogP contribution in [0.4, 0.5) is 23.7 Å². The highest BCUT2D eigenvalue weighted by Gasteiger charge is 2.36. The van der Waals surface area contributed by atoms with Gasteiger partial charge in [-0.25, -0.2) is 0 Å². The van der Waals surface area contributed by atoms with Gasteiger partial charge in [0.2, 0.25) is 5.91 Å². The maximum Gasteiger partial charge on any atom is 0.416 e. The molecule has 166 valence electrons. The molecule has 11 heteroatoms. The summed E-state index contributed by atoms with van der Waals surface area (Å²) in [5.74, 6) is -0.273. The number of hydrogen-bond donors (Lipinski definition) is 1. The number of rotatable bonds is 4. The quantitative estimate of drug-likeness (QED) is 0.685. The SMILES string of the molecule is O=C(CN1C(=O)S/C(=C\c2ccc(C(F)(F)F)cc2)C1=O)Nc1ccc2c(c1)OCCO2. The van der Waals surface area contributed by atoms with E-state index in [9.17, 15) is 27.6 Å². The number of ether oxygens (including phenoxy) is 2. The molecule has 0 bridgehead atoms. The summed E-state index contributed by atoms with van der Waals surface area (Å²) < 4.78 is 48.9. The highest BCUT2D eigenvalue weighted by Crippen LogP contribution is 2.34. The largest absolute Gasteiger partial charge is 0.486 e. The summed E-state index contributed by atoms with van der Waals surface area (Å²) in [6.07, 6.45) is -3.16. The molecule has 0 saturated carbocycles. The first-order valence-electron chi connectivity index (χ1n) is 9.33. The molecule has 2 aliphatic rings. The van der Waals surface area contributed by atoms with E-state index in [1.807, 2.05) is 0 Å². The molecule has 2 aromatic rings. The molecule has 32 heavy (non-hydrogen) atoms. The second kappa shape index (κ2) is 8.58. The van der Waals surface area contributed by atoms with E-state index in [0.717, 1.165) is 17.0 Å². The summed E-state index contributed by atoms with van der Waals surface area (Å²) in [5, 5.41) is 1.94. The number of carbonyl (C=O) groups is 3. The lowest BCUT2D eigenvalue weighted by Gasteiger charge is -2.19. The Bertz CT molecular complexity index is 1120. The van der Waals surface area contributed by atoms with Crippen LogP contribution in [0.3, 0.4) is 0 Å². The average molecular weight is 464 g/mol. The van der Waals surface area contributed by atoms with Gasteiger partial charge in [-0.15, -0.1) is 0 Å². The third kappa shape index (κ3) is 4.72. The van der Waals surface area contributed by atoms with Gasteiger partial charge in [-0.3, -0.25) is 19.3 Å². The fourth-order valence-corrected chi connectivity index (χ4v) is 3.86. The highest BCUT2D eigenvalue weighted by molar-refractivity contribution is 8.18. The molecule has 2 aliphatic heterocycles. The van der Waals surface area contributed by atoms with Crippen LogP contribution in [0.25, 0.3) is 6.08 Å². The topological polar surface area (TPSA) is 84.9 Å². The van der Waals surface area contributed by atoms with E-state index in [2.05, 4.69) is 5.32 Å². The van der Waals surface area contributed by atoms with Gasteiger partial charge in [-0.1, -0.05) is 12.1 Å². The lowest BCUT2D eigenvalue weighted by atomic mass is 10.1. The number of halogens is 3. The van der Waals surface area contributed by atoms with Gasteiger partial charge in [0, 0.05) is 11.8 Å². The molecule has 4 rings (SSSR count). The van der Waals surface area contributed by atoms with E-state index in [1.165, 1.54) is 18.2 Å². The van der Waals surface area contributed by atoms with Crippen molar-refractivity contribution in [2.45, 2.75) is 6.18 Å². The minimum atomic E-state index is -4.47. The van der Waals surface area contributed by atoms with E-state index in [1.54, 1.807) is 18.2 Å². The van der Waals surface area contributed by atoms with Crippen molar-refractivity contribution >= 4 is 40.6 Å². The van der Waals surface area contributed by atoms with Crippen molar-refractivity contribution in [1.82, 2.24) is 4.90 Å². The Hall–Kier alpha value is -3.47. The zero-order valence-corrected chi connectivity index (χ0v) is 17.1. The van der Waals surface area contributed by atoms with Crippen LogP contribution in [0.15, 0.2) is 47.4 Å². The Morgan fingerprint density at radius 1 is 1.06 bits per heavy atom. The molecule has 1 saturated heterocycles. The number of amides is 3. The Kier molecular flexibility index (Phi) is 5.83. The smallest absolute Gasteiger partial charge is 0.416 e. The van der Waals surface area contributed by atoms with Crippen LogP contribution in [0.1, 0.15) is 11.1 Å². The fourth-order valence-electron chi connectivity index (χ4n) is 3.02. The Labute approximate surface area is 184 Å². The van der Waals surface area contributed by atoms with Crippen molar-refractivity contribution in [3.05, 3.63) is 58.5 Å². The van der Waals surface area contributed by atoms with Crippen molar-refractivity contribution in [2.24, 2.45) is 0 Å². The molecule has 1 fully saturated rings. The van der Waals surface area contributed by atoms with E-state index in [-0.39, 0.29) is 4.91 Å². The fraction of sp³-hybridized carbons (Fsp3) is 0.190. The molecule has 2 aromatic carbocycles. The maximum absolute atomic E-state index is 12.7. The number of anilines is 1. The van der Waals surface area contributed by atoms with Gasteiger partial charge in [0.05, 0.1) is 10.5 Å². The summed E-state index contributed by atoms with van der Waals surface area (Å²) in [6, 6.07) is 8.98. The Morgan fingerprint density at radius 3 is 2.44 bits per heavy atom. The van der Waals surface area contributed by atoms with Crippen LogP contribution in [0.2, 0.25) is 0 Å². The molecule has 0 spiro atoms. The van der Waals surface area contributed by atoms with Gasteiger partial charge in [-0.2, -0.15) is 13.2 Å². The van der Waals surface area contributed by atoms with Crippen LogP contribution >= 0.6 is 11.8 Å². The lowest BCUT2D eigenvalue weighted by molar-refractivity contribution is -0.137. The van der Waals surface area contributed by atoms with Crippen molar-refractivity contribution in [2.75, 3.05) is 25.1 Å². The first kappa shape index (κ1) is 21.8. The molecule has 2 heterocycles. The molecule has 0 aliphatic carbocycles. The molecular weight excluding hydrogens is 449 g/mol. The van der Waals surface area contributed by atoms with Gasteiger partial charge in [0.15, 0.2) is 11.5 Å². The molecular formula is C21H15F3N2O5S. The van der Waals surface area contributed by atoms with Crippen LogP contribution in [-0.4, -0.2) is 41.7 Å². The highest BCUT2D eigenvalue weighted by atomic mass is 32.2. The molecule has 7 nitrogen and oxygen atoms in total. The van der Waals surface area contributed by atoms with Crippen molar-refractivity contribution < 1.29 is 37.0 Å². The van der Waals surface area contributed by atoms with Crippen LogP contribution < -0.4 is 14.8 Å². The Balaban J connectivity index is 1.41. The van der Waals surface area contributed by atoms with Crippen molar-refractivity contribution in [1.29, 1.82) is 0 Å². The number of fused-ring (bicyclic) bond motifs is 1. The second-order valence-electron chi connectivity index (χ2n) is 6.79. The van der Waals surface area contributed by atoms with Crippen LogP contribution in [-0.2, 0) is 15.8 Å². The van der Waals surface area contributed by atoms with E-state index in [0.29, 0.717) is 47.7 Å². The van der Waals surface area contributed by atoms with Gasteiger partial charge < -0.3 is 14.8 Å². The minimum Gasteiger partial charge on any atom is -0.486 e. The number of nitrogens with zero attached hydrogens (tertiary/aromatic N) is 1. The second-order valence-corrected chi connectivity index (χ2v) is 7.79. The summed E-state index contributed by atoms with van der Waals surface area (Å²) in [6.45, 7) is 0.299. The Morgan fingerprint density at radius 2 is 1.75 bits per heavy atom. The average Bonchev–Trinajstić information content (AvgIpc) is 3.00. The van der Waals surface area contributed by atoms with E-state index in [4.69, 9.17) is 9.47 Å². The number of benzene rings is 2. The van der Waals surface area contributed by atoms with Gasteiger partial charge in [-0.05, 0) is 47.7 Å². The first-order valence-corrected chi connectivity index (χ1v) is 10.1. The minimum absolute atomic E-state index is 0.0156.